The average molecular weight is 431 g/mol. The van der Waals surface area contributed by atoms with Crippen molar-refractivity contribution in [3.63, 3.8) is 0 Å². The van der Waals surface area contributed by atoms with Crippen LogP contribution >= 0.6 is 0 Å². The van der Waals surface area contributed by atoms with Gasteiger partial charge in [0.15, 0.2) is 11.9 Å². The standard InChI is InChI=1S/C26H25NO5/c1-31-24(21-11-7-4-8-12-21)25(29)27-22(26(30)32-2)17-18-13-15-20(16-14-18)23(28)19-9-5-3-6-10-19/h3-16,22,24H,17H2,1-2H3,(H,27,29)/t22-,24-/m0/s1. The first-order chi connectivity index (χ1) is 15.5. The summed E-state index contributed by atoms with van der Waals surface area (Å²) in [5.74, 6) is -1.09. The van der Waals surface area contributed by atoms with Crippen molar-refractivity contribution in [2.24, 2.45) is 0 Å². The van der Waals surface area contributed by atoms with Crippen LogP contribution in [-0.4, -0.2) is 37.9 Å². The summed E-state index contributed by atoms with van der Waals surface area (Å²) < 4.78 is 10.2. The summed E-state index contributed by atoms with van der Waals surface area (Å²) in [4.78, 5) is 37.7. The third-order valence-electron chi connectivity index (χ3n) is 5.07. The normalized spacial score (nSPS) is 12.4. The van der Waals surface area contributed by atoms with Gasteiger partial charge in [-0.05, 0) is 11.1 Å². The molecule has 3 aromatic carbocycles. The van der Waals surface area contributed by atoms with Gasteiger partial charge in [0, 0.05) is 24.7 Å². The lowest BCUT2D eigenvalue weighted by Crippen LogP contribution is -2.45. The van der Waals surface area contributed by atoms with Gasteiger partial charge in [-0.1, -0.05) is 84.9 Å². The van der Waals surface area contributed by atoms with Crippen molar-refractivity contribution in [2.75, 3.05) is 14.2 Å². The molecule has 0 aromatic heterocycles. The van der Waals surface area contributed by atoms with Crippen LogP contribution in [0.5, 0.6) is 0 Å². The number of ketones is 1. The maximum Gasteiger partial charge on any atom is 0.328 e. The molecule has 0 aliphatic rings. The van der Waals surface area contributed by atoms with Gasteiger partial charge in [0.05, 0.1) is 7.11 Å². The first-order valence-corrected chi connectivity index (χ1v) is 10.2. The molecule has 0 fully saturated rings. The highest BCUT2D eigenvalue weighted by atomic mass is 16.5. The van der Waals surface area contributed by atoms with Crippen molar-refractivity contribution in [1.82, 2.24) is 5.32 Å². The van der Waals surface area contributed by atoms with Gasteiger partial charge in [0.1, 0.15) is 6.04 Å². The molecule has 0 saturated heterocycles. The molecule has 164 valence electrons. The van der Waals surface area contributed by atoms with Gasteiger partial charge in [0.2, 0.25) is 0 Å². The number of hydrogen-bond donors (Lipinski definition) is 1. The average Bonchev–Trinajstić information content (AvgIpc) is 2.85. The molecule has 32 heavy (non-hydrogen) atoms. The number of carbonyl (C=O) groups is 3. The van der Waals surface area contributed by atoms with E-state index >= 15 is 0 Å². The number of hydrogen-bond acceptors (Lipinski definition) is 5. The Labute approximate surface area is 187 Å². The van der Waals surface area contributed by atoms with E-state index in [1.807, 2.05) is 36.4 Å². The lowest BCUT2D eigenvalue weighted by atomic mass is 9.99. The fraction of sp³-hybridized carbons (Fsp3) is 0.192. The molecule has 6 nitrogen and oxygen atoms in total. The van der Waals surface area contributed by atoms with Crippen LogP contribution in [-0.2, 0) is 25.5 Å². The molecule has 0 aliphatic carbocycles. The number of esters is 1. The SMILES string of the molecule is COC(=O)[C@H](Cc1ccc(C(=O)c2ccccc2)cc1)NC(=O)[C@@H](OC)c1ccccc1. The maximum atomic E-state index is 12.8. The number of nitrogens with one attached hydrogen (secondary N) is 1. The minimum atomic E-state index is -0.899. The van der Waals surface area contributed by atoms with Gasteiger partial charge >= 0.3 is 5.97 Å². The van der Waals surface area contributed by atoms with E-state index in [0.717, 1.165) is 5.56 Å². The second-order valence-electron chi connectivity index (χ2n) is 7.21. The molecule has 0 heterocycles. The van der Waals surface area contributed by atoms with Gasteiger partial charge in [-0.3, -0.25) is 9.59 Å². The fourth-order valence-corrected chi connectivity index (χ4v) is 3.39. The number of methoxy groups -OCH3 is 2. The van der Waals surface area contributed by atoms with Crippen molar-refractivity contribution in [3.8, 4) is 0 Å². The van der Waals surface area contributed by atoms with Crippen molar-refractivity contribution in [2.45, 2.75) is 18.6 Å². The van der Waals surface area contributed by atoms with E-state index in [1.165, 1.54) is 14.2 Å². The molecule has 2 atom stereocenters. The van der Waals surface area contributed by atoms with Crippen LogP contribution < -0.4 is 5.32 Å². The van der Waals surface area contributed by atoms with Crippen molar-refractivity contribution in [3.05, 3.63) is 107 Å². The van der Waals surface area contributed by atoms with Crippen LogP contribution in [0.25, 0.3) is 0 Å². The molecule has 0 bridgehead atoms. The molecule has 6 heteroatoms. The van der Waals surface area contributed by atoms with Crippen LogP contribution in [0.3, 0.4) is 0 Å². The molecular weight excluding hydrogens is 406 g/mol. The van der Waals surface area contributed by atoms with Crippen LogP contribution in [0.1, 0.15) is 33.2 Å². The summed E-state index contributed by atoms with van der Waals surface area (Å²) >= 11 is 0. The Morgan fingerprint density at radius 2 is 1.34 bits per heavy atom. The molecule has 0 saturated carbocycles. The summed E-state index contributed by atoms with van der Waals surface area (Å²) in [7, 11) is 2.71. The number of carbonyl (C=O) groups excluding carboxylic acids is 3. The molecule has 3 aromatic rings. The van der Waals surface area contributed by atoms with Crippen molar-refractivity contribution < 1.29 is 23.9 Å². The Morgan fingerprint density at radius 3 is 1.91 bits per heavy atom. The smallest absolute Gasteiger partial charge is 0.328 e. The van der Waals surface area contributed by atoms with Gasteiger partial charge < -0.3 is 14.8 Å². The molecule has 1 N–H and O–H groups in total. The quantitative estimate of drug-likeness (QED) is 0.414. The van der Waals surface area contributed by atoms with Crippen molar-refractivity contribution >= 4 is 17.7 Å². The van der Waals surface area contributed by atoms with Crippen LogP contribution in [0.4, 0.5) is 0 Å². The van der Waals surface area contributed by atoms with Crippen LogP contribution in [0.15, 0.2) is 84.9 Å². The fourth-order valence-electron chi connectivity index (χ4n) is 3.39. The van der Waals surface area contributed by atoms with Crippen LogP contribution in [0, 0.1) is 0 Å². The lowest BCUT2D eigenvalue weighted by molar-refractivity contribution is -0.146. The van der Waals surface area contributed by atoms with Gasteiger partial charge in [-0.15, -0.1) is 0 Å². The van der Waals surface area contributed by atoms with E-state index in [-0.39, 0.29) is 12.2 Å². The minimum absolute atomic E-state index is 0.0826. The van der Waals surface area contributed by atoms with E-state index in [9.17, 15) is 14.4 Å². The van der Waals surface area contributed by atoms with Crippen LogP contribution in [0.2, 0.25) is 0 Å². The van der Waals surface area contributed by atoms with E-state index in [1.54, 1.807) is 48.5 Å². The molecule has 0 spiro atoms. The number of rotatable bonds is 9. The molecule has 0 aliphatic heterocycles. The third kappa shape index (κ3) is 5.68. The summed E-state index contributed by atoms with van der Waals surface area (Å²) in [6.07, 6.45) is -0.641. The van der Waals surface area contributed by atoms with Gasteiger partial charge in [0.25, 0.3) is 5.91 Å². The highest BCUT2D eigenvalue weighted by molar-refractivity contribution is 6.08. The van der Waals surface area contributed by atoms with E-state index in [4.69, 9.17) is 9.47 Å². The molecule has 0 radical (unpaired) electrons. The zero-order valence-electron chi connectivity index (χ0n) is 18.0. The number of amides is 1. The number of ether oxygens (including phenoxy) is 2. The van der Waals surface area contributed by atoms with E-state index < -0.39 is 24.0 Å². The summed E-state index contributed by atoms with van der Waals surface area (Å²) in [5.41, 5.74) is 2.60. The zero-order valence-corrected chi connectivity index (χ0v) is 18.0. The molecule has 0 unspecified atom stereocenters. The summed E-state index contributed by atoms with van der Waals surface area (Å²) in [5, 5.41) is 2.72. The van der Waals surface area contributed by atoms with Gasteiger partial charge in [-0.2, -0.15) is 0 Å². The summed E-state index contributed by atoms with van der Waals surface area (Å²) in [6.45, 7) is 0. The Kier molecular flexibility index (Phi) is 7.89. The molecule has 1 amide bonds. The Hall–Kier alpha value is -3.77. The number of benzene rings is 3. The molecular formula is C26H25NO5. The van der Waals surface area contributed by atoms with Gasteiger partial charge in [-0.25, -0.2) is 4.79 Å². The molecule has 3 rings (SSSR count). The first kappa shape index (κ1) is 22.9. The minimum Gasteiger partial charge on any atom is -0.467 e. The Morgan fingerprint density at radius 1 is 0.781 bits per heavy atom. The maximum absolute atomic E-state index is 12.8. The van der Waals surface area contributed by atoms with E-state index in [2.05, 4.69) is 5.32 Å². The largest absolute Gasteiger partial charge is 0.467 e. The lowest BCUT2D eigenvalue weighted by Gasteiger charge is -2.21. The second kappa shape index (κ2) is 11.0. The Balaban J connectivity index is 1.72. The topological polar surface area (TPSA) is 81.7 Å². The third-order valence-corrected chi connectivity index (χ3v) is 5.07. The highest BCUT2D eigenvalue weighted by Gasteiger charge is 2.27. The van der Waals surface area contributed by atoms with E-state index in [0.29, 0.717) is 16.7 Å². The van der Waals surface area contributed by atoms with Crippen molar-refractivity contribution in [1.29, 1.82) is 0 Å². The predicted octanol–water partition coefficient (Wildman–Crippen LogP) is 3.51. The summed E-state index contributed by atoms with van der Waals surface area (Å²) in [6, 6.07) is 24.1. The highest BCUT2D eigenvalue weighted by Crippen LogP contribution is 2.18. The zero-order chi connectivity index (χ0) is 22.9. The monoisotopic (exact) mass is 431 g/mol. The predicted molar refractivity (Wildman–Crippen MR) is 120 cm³/mol. The first-order valence-electron chi connectivity index (χ1n) is 10.2. The Bertz CT molecular complexity index is 1050. The second-order valence-corrected chi connectivity index (χ2v) is 7.21.